The van der Waals surface area contributed by atoms with Crippen LogP contribution in [0.25, 0.3) is 0 Å². The zero-order valence-electron chi connectivity index (χ0n) is 8.61. The number of oxazole rings is 1. The molecule has 84 valence electrons. The molecule has 0 fully saturated rings. The molecule has 0 bridgehead atoms. The first-order chi connectivity index (χ1) is 7.78. The molecule has 0 unspecified atom stereocenters. The normalized spacial score (nSPS) is 10.4. The van der Waals surface area contributed by atoms with Gasteiger partial charge in [-0.2, -0.15) is 4.98 Å². The van der Waals surface area contributed by atoms with E-state index in [1.165, 1.54) is 0 Å². The van der Waals surface area contributed by atoms with E-state index in [0.717, 1.165) is 10.2 Å². The van der Waals surface area contributed by atoms with Crippen LogP contribution in [-0.2, 0) is 6.54 Å². The standard InChI is InChI=1S/C10H10BrN3O2/c1-12-4-8-6-15-10(14-8)16-9-2-7(11)3-13-5-9/h2-3,5-6,12H,4H2,1H3. The maximum Gasteiger partial charge on any atom is 0.399 e. The molecule has 0 spiro atoms. The number of pyridine rings is 1. The largest absolute Gasteiger partial charge is 0.417 e. The smallest absolute Gasteiger partial charge is 0.399 e. The third kappa shape index (κ3) is 2.80. The number of ether oxygens (including phenoxy) is 1. The van der Waals surface area contributed by atoms with Crippen molar-refractivity contribution in [1.29, 1.82) is 0 Å². The summed E-state index contributed by atoms with van der Waals surface area (Å²) >= 11 is 3.30. The highest BCUT2D eigenvalue weighted by atomic mass is 79.9. The predicted molar refractivity (Wildman–Crippen MR) is 61.3 cm³/mol. The third-order valence-electron chi connectivity index (χ3n) is 1.77. The van der Waals surface area contributed by atoms with Gasteiger partial charge < -0.3 is 14.5 Å². The minimum atomic E-state index is 0.213. The molecule has 5 nitrogen and oxygen atoms in total. The number of nitrogens with zero attached hydrogens (tertiary/aromatic N) is 2. The molecule has 6 heteroatoms. The molecule has 0 aliphatic heterocycles. The van der Waals surface area contributed by atoms with E-state index in [4.69, 9.17) is 9.15 Å². The molecule has 0 saturated heterocycles. The average Bonchev–Trinajstić information content (AvgIpc) is 2.66. The van der Waals surface area contributed by atoms with Crippen LogP contribution in [0.2, 0.25) is 0 Å². The highest BCUT2D eigenvalue weighted by molar-refractivity contribution is 9.10. The lowest BCUT2D eigenvalue weighted by atomic mass is 10.5. The Morgan fingerprint density at radius 2 is 2.38 bits per heavy atom. The zero-order chi connectivity index (χ0) is 11.4. The Kier molecular flexibility index (Phi) is 3.53. The topological polar surface area (TPSA) is 60.2 Å². The number of halogens is 1. The summed E-state index contributed by atoms with van der Waals surface area (Å²) in [5, 5.41) is 2.97. The summed E-state index contributed by atoms with van der Waals surface area (Å²) in [7, 11) is 1.84. The minimum absolute atomic E-state index is 0.213. The van der Waals surface area contributed by atoms with E-state index in [9.17, 15) is 0 Å². The molecule has 2 heterocycles. The van der Waals surface area contributed by atoms with Crippen molar-refractivity contribution in [2.24, 2.45) is 0 Å². The van der Waals surface area contributed by atoms with E-state index in [-0.39, 0.29) is 6.08 Å². The fraction of sp³-hybridized carbons (Fsp3) is 0.200. The fourth-order valence-corrected chi connectivity index (χ4v) is 1.49. The highest BCUT2D eigenvalue weighted by Gasteiger charge is 2.06. The zero-order valence-corrected chi connectivity index (χ0v) is 10.2. The Labute approximate surface area is 101 Å². The van der Waals surface area contributed by atoms with E-state index < -0.39 is 0 Å². The van der Waals surface area contributed by atoms with Gasteiger partial charge in [0, 0.05) is 17.2 Å². The molecule has 2 aromatic heterocycles. The summed E-state index contributed by atoms with van der Waals surface area (Å²) in [5.41, 5.74) is 0.792. The lowest BCUT2D eigenvalue weighted by Crippen LogP contribution is -2.04. The summed E-state index contributed by atoms with van der Waals surface area (Å²) in [6, 6.07) is 1.79. The molecule has 0 saturated carbocycles. The van der Waals surface area contributed by atoms with Crippen molar-refractivity contribution in [2.75, 3.05) is 7.05 Å². The monoisotopic (exact) mass is 283 g/mol. The molecule has 0 radical (unpaired) electrons. The number of rotatable bonds is 4. The molecule has 0 aromatic carbocycles. The Hall–Kier alpha value is -1.40. The highest BCUT2D eigenvalue weighted by Crippen LogP contribution is 2.22. The van der Waals surface area contributed by atoms with Gasteiger partial charge >= 0.3 is 6.08 Å². The van der Waals surface area contributed by atoms with Crippen LogP contribution in [0.15, 0.2) is 33.6 Å². The average molecular weight is 284 g/mol. The summed E-state index contributed by atoms with van der Waals surface area (Å²) in [4.78, 5) is 8.10. The molecule has 0 aliphatic carbocycles. The predicted octanol–water partition coefficient (Wildman–Crippen LogP) is 2.34. The first-order valence-corrected chi connectivity index (χ1v) is 5.44. The van der Waals surface area contributed by atoms with Crippen LogP contribution in [0.4, 0.5) is 0 Å². The maximum absolute atomic E-state index is 5.39. The summed E-state index contributed by atoms with van der Waals surface area (Å²) in [6.45, 7) is 0.642. The number of nitrogens with one attached hydrogen (secondary N) is 1. The maximum atomic E-state index is 5.39. The summed E-state index contributed by atoms with van der Waals surface area (Å²) in [6.07, 6.45) is 5.03. The molecule has 1 N–H and O–H groups in total. The van der Waals surface area contributed by atoms with Crippen molar-refractivity contribution in [3.8, 4) is 11.8 Å². The van der Waals surface area contributed by atoms with Gasteiger partial charge in [0.25, 0.3) is 0 Å². The quantitative estimate of drug-likeness (QED) is 0.933. The van der Waals surface area contributed by atoms with Crippen LogP contribution in [0.3, 0.4) is 0 Å². The summed E-state index contributed by atoms with van der Waals surface area (Å²) in [5.74, 6) is 0.576. The van der Waals surface area contributed by atoms with E-state index >= 15 is 0 Å². The van der Waals surface area contributed by atoms with Crippen LogP contribution in [0.1, 0.15) is 5.69 Å². The van der Waals surface area contributed by atoms with Crippen molar-refractivity contribution >= 4 is 15.9 Å². The van der Waals surface area contributed by atoms with Crippen molar-refractivity contribution in [3.05, 3.63) is 34.9 Å². The van der Waals surface area contributed by atoms with Crippen LogP contribution in [-0.4, -0.2) is 17.0 Å². The van der Waals surface area contributed by atoms with Gasteiger partial charge in [-0.25, -0.2) is 0 Å². The number of aromatic nitrogens is 2. The molecule has 16 heavy (non-hydrogen) atoms. The van der Waals surface area contributed by atoms with Gasteiger partial charge in [0.1, 0.15) is 6.26 Å². The number of hydrogen-bond donors (Lipinski definition) is 1. The second kappa shape index (κ2) is 5.09. The lowest BCUT2D eigenvalue weighted by molar-refractivity contribution is 0.329. The van der Waals surface area contributed by atoms with E-state index in [0.29, 0.717) is 12.3 Å². The van der Waals surface area contributed by atoms with Crippen molar-refractivity contribution in [1.82, 2.24) is 15.3 Å². The van der Waals surface area contributed by atoms with Gasteiger partial charge in [0.05, 0.1) is 11.9 Å². The van der Waals surface area contributed by atoms with E-state index in [2.05, 4.69) is 31.2 Å². The molecule has 2 aromatic rings. The van der Waals surface area contributed by atoms with Gasteiger partial charge in [-0.15, -0.1) is 0 Å². The SMILES string of the molecule is CNCc1coc(Oc2cncc(Br)c2)n1. The van der Waals surface area contributed by atoms with Gasteiger partial charge in [-0.05, 0) is 29.0 Å². The van der Waals surface area contributed by atoms with E-state index in [1.807, 2.05) is 7.05 Å². The number of hydrogen-bond acceptors (Lipinski definition) is 5. The Balaban J connectivity index is 2.08. The van der Waals surface area contributed by atoms with Crippen molar-refractivity contribution in [3.63, 3.8) is 0 Å². The molecule has 2 rings (SSSR count). The first-order valence-electron chi connectivity index (χ1n) is 4.65. The van der Waals surface area contributed by atoms with Crippen LogP contribution >= 0.6 is 15.9 Å². The van der Waals surface area contributed by atoms with Crippen LogP contribution in [0.5, 0.6) is 11.8 Å². The molecule has 0 atom stereocenters. The Bertz CT molecular complexity index is 473. The van der Waals surface area contributed by atoms with E-state index in [1.54, 1.807) is 24.7 Å². The van der Waals surface area contributed by atoms with Gasteiger partial charge in [0.2, 0.25) is 0 Å². The van der Waals surface area contributed by atoms with Crippen molar-refractivity contribution in [2.45, 2.75) is 6.54 Å². The molecular weight excluding hydrogens is 274 g/mol. The lowest BCUT2D eigenvalue weighted by Gasteiger charge is -1.99. The van der Waals surface area contributed by atoms with Gasteiger partial charge in [-0.1, -0.05) is 0 Å². The first kappa shape index (κ1) is 11.1. The Morgan fingerprint density at radius 3 is 3.12 bits per heavy atom. The molecular formula is C10H10BrN3O2. The second-order valence-electron chi connectivity index (χ2n) is 3.08. The second-order valence-corrected chi connectivity index (χ2v) is 3.99. The molecule has 0 amide bonds. The van der Waals surface area contributed by atoms with Crippen LogP contribution in [0, 0.1) is 0 Å². The summed E-state index contributed by atoms with van der Waals surface area (Å²) < 4.78 is 11.4. The third-order valence-corrected chi connectivity index (χ3v) is 2.21. The van der Waals surface area contributed by atoms with Crippen molar-refractivity contribution < 1.29 is 9.15 Å². The minimum Gasteiger partial charge on any atom is -0.417 e. The van der Waals surface area contributed by atoms with Gasteiger partial charge in [0.15, 0.2) is 5.75 Å². The van der Waals surface area contributed by atoms with Gasteiger partial charge in [-0.3, -0.25) is 4.98 Å². The Morgan fingerprint density at radius 1 is 1.50 bits per heavy atom. The molecule has 0 aliphatic rings. The fourth-order valence-electron chi connectivity index (χ4n) is 1.15. The van der Waals surface area contributed by atoms with Crippen LogP contribution < -0.4 is 10.1 Å².